The number of rotatable bonds is 5. The number of amides is 1. The van der Waals surface area contributed by atoms with Gasteiger partial charge in [-0.05, 0) is 49.2 Å². The molecule has 0 N–H and O–H groups in total. The van der Waals surface area contributed by atoms with Crippen molar-refractivity contribution in [2.75, 3.05) is 17.0 Å². The number of hydrogen-bond donors (Lipinski definition) is 0. The zero-order valence-electron chi connectivity index (χ0n) is 15.9. The number of thiazole rings is 1. The van der Waals surface area contributed by atoms with Crippen LogP contribution in [0.1, 0.15) is 23.7 Å². The van der Waals surface area contributed by atoms with Gasteiger partial charge in [-0.25, -0.2) is 4.98 Å². The van der Waals surface area contributed by atoms with Crippen LogP contribution < -0.4 is 9.91 Å². The first-order valence-electron chi connectivity index (χ1n) is 8.62. The number of hydrazone groups is 1. The van der Waals surface area contributed by atoms with Gasteiger partial charge in [-0.2, -0.15) is 5.10 Å². The molecule has 6 heteroatoms. The van der Waals surface area contributed by atoms with Crippen LogP contribution in [-0.2, 0) is 4.79 Å². The summed E-state index contributed by atoms with van der Waals surface area (Å²) in [6.07, 6.45) is 1.70. The summed E-state index contributed by atoms with van der Waals surface area (Å²) in [4.78, 5) is 18.5. The van der Waals surface area contributed by atoms with Gasteiger partial charge in [-0.15, -0.1) is 11.3 Å². The molecule has 0 atom stereocenters. The molecule has 27 heavy (non-hydrogen) atoms. The summed E-state index contributed by atoms with van der Waals surface area (Å²) in [5.74, 6) is -0.0718. The van der Waals surface area contributed by atoms with Crippen LogP contribution in [-0.4, -0.2) is 24.2 Å². The van der Waals surface area contributed by atoms with Crippen molar-refractivity contribution in [2.24, 2.45) is 5.10 Å². The molecule has 0 spiro atoms. The molecule has 3 rings (SSSR count). The Hall–Kier alpha value is -2.99. The minimum absolute atomic E-state index is 0.0718. The van der Waals surface area contributed by atoms with Crippen molar-refractivity contribution in [3.8, 4) is 0 Å². The van der Waals surface area contributed by atoms with Crippen LogP contribution in [0.5, 0.6) is 0 Å². The molecular weight excluding hydrogens is 356 g/mol. The van der Waals surface area contributed by atoms with Crippen molar-refractivity contribution in [2.45, 2.75) is 20.8 Å². The summed E-state index contributed by atoms with van der Waals surface area (Å²) < 4.78 is 0. The predicted octanol–water partition coefficient (Wildman–Crippen LogP) is 4.91. The molecule has 5 nitrogen and oxygen atoms in total. The van der Waals surface area contributed by atoms with Crippen LogP contribution in [0.3, 0.4) is 0 Å². The normalized spacial score (nSPS) is 11.0. The largest absolute Gasteiger partial charge is 0.274 e. The molecule has 0 unspecified atom stereocenters. The van der Waals surface area contributed by atoms with Crippen molar-refractivity contribution in [1.82, 2.24) is 4.98 Å². The molecule has 0 aliphatic rings. The van der Waals surface area contributed by atoms with Crippen LogP contribution in [0.2, 0.25) is 0 Å². The summed E-state index contributed by atoms with van der Waals surface area (Å²) in [5, 5.41) is 8.74. The molecule has 3 aromatic rings. The summed E-state index contributed by atoms with van der Waals surface area (Å²) >= 11 is 1.42. The van der Waals surface area contributed by atoms with Gasteiger partial charge in [0.05, 0.1) is 23.3 Å². The summed E-state index contributed by atoms with van der Waals surface area (Å²) in [5.41, 5.74) is 4.86. The summed E-state index contributed by atoms with van der Waals surface area (Å²) in [6.45, 7) is 5.64. The quantitative estimate of drug-likeness (QED) is 0.468. The van der Waals surface area contributed by atoms with Gasteiger partial charge in [0.2, 0.25) is 5.91 Å². The van der Waals surface area contributed by atoms with E-state index in [2.05, 4.69) is 17.0 Å². The number of carbonyl (C=O) groups excluding carboxylic acids is 1. The first-order chi connectivity index (χ1) is 13.0. The predicted molar refractivity (Wildman–Crippen MR) is 113 cm³/mol. The molecule has 0 aliphatic carbocycles. The van der Waals surface area contributed by atoms with E-state index < -0.39 is 0 Å². The standard InChI is InChI=1S/C21H22N4OS/c1-15-10-11-20(12-16(15)2)25(17(3)26)21-23-18(14-27-21)13-22-24(4)19-8-6-5-7-9-19/h5-14H,1-4H3/b22-13-. The highest BCUT2D eigenvalue weighted by Gasteiger charge is 2.18. The average molecular weight is 379 g/mol. The van der Waals surface area contributed by atoms with Crippen LogP contribution in [0.15, 0.2) is 59.0 Å². The third-order valence-electron chi connectivity index (χ3n) is 4.26. The molecule has 0 radical (unpaired) electrons. The molecule has 1 aromatic heterocycles. The molecule has 0 saturated heterocycles. The number of aromatic nitrogens is 1. The van der Waals surface area contributed by atoms with Gasteiger partial charge in [0.15, 0.2) is 5.13 Å². The summed E-state index contributed by atoms with van der Waals surface area (Å²) in [7, 11) is 1.88. The van der Waals surface area contributed by atoms with Gasteiger partial charge in [-0.3, -0.25) is 14.7 Å². The molecule has 0 fully saturated rings. The number of hydrogen-bond acceptors (Lipinski definition) is 5. The lowest BCUT2D eigenvalue weighted by Crippen LogP contribution is -2.22. The van der Waals surface area contributed by atoms with Crippen LogP contribution >= 0.6 is 11.3 Å². The lowest BCUT2D eigenvalue weighted by molar-refractivity contribution is -0.115. The molecule has 2 aromatic carbocycles. The fraction of sp³-hybridized carbons (Fsp3) is 0.190. The maximum Gasteiger partial charge on any atom is 0.230 e. The smallest absolute Gasteiger partial charge is 0.230 e. The van der Waals surface area contributed by atoms with E-state index in [-0.39, 0.29) is 5.91 Å². The van der Waals surface area contributed by atoms with E-state index in [1.807, 2.05) is 67.9 Å². The summed E-state index contributed by atoms with van der Waals surface area (Å²) in [6, 6.07) is 15.9. The van der Waals surface area contributed by atoms with Gasteiger partial charge < -0.3 is 0 Å². The number of carbonyl (C=O) groups is 1. The fourth-order valence-electron chi connectivity index (χ4n) is 2.59. The average Bonchev–Trinajstić information content (AvgIpc) is 3.11. The topological polar surface area (TPSA) is 48.8 Å². The minimum atomic E-state index is -0.0718. The maximum absolute atomic E-state index is 12.3. The second-order valence-electron chi connectivity index (χ2n) is 6.28. The Labute approximate surface area is 163 Å². The van der Waals surface area contributed by atoms with Crippen molar-refractivity contribution in [1.29, 1.82) is 0 Å². The second-order valence-corrected chi connectivity index (χ2v) is 7.12. The molecule has 138 valence electrons. The Morgan fingerprint density at radius 1 is 1.07 bits per heavy atom. The minimum Gasteiger partial charge on any atom is -0.274 e. The Morgan fingerprint density at radius 2 is 1.81 bits per heavy atom. The van der Waals surface area contributed by atoms with E-state index in [1.165, 1.54) is 16.9 Å². The lowest BCUT2D eigenvalue weighted by atomic mass is 10.1. The number of benzene rings is 2. The van der Waals surface area contributed by atoms with E-state index in [9.17, 15) is 4.79 Å². The first kappa shape index (κ1) is 18.8. The Balaban J connectivity index is 1.83. The lowest BCUT2D eigenvalue weighted by Gasteiger charge is -2.19. The highest BCUT2D eigenvalue weighted by atomic mass is 32.1. The number of aryl methyl sites for hydroxylation is 2. The molecule has 0 aliphatic heterocycles. The number of para-hydroxylation sites is 1. The Morgan fingerprint density at radius 3 is 2.48 bits per heavy atom. The van der Waals surface area contributed by atoms with Gasteiger partial charge in [0, 0.05) is 19.4 Å². The monoisotopic (exact) mass is 378 g/mol. The zero-order chi connectivity index (χ0) is 19.4. The van der Waals surface area contributed by atoms with Gasteiger partial charge in [0.1, 0.15) is 0 Å². The SMILES string of the molecule is CC(=O)N(c1ccc(C)c(C)c1)c1nc(/C=N\N(C)c2ccccc2)cs1. The Kier molecular flexibility index (Phi) is 5.66. The molecule has 0 saturated carbocycles. The molecule has 1 amide bonds. The highest BCUT2D eigenvalue weighted by molar-refractivity contribution is 7.14. The fourth-order valence-corrected chi connectivity index (χ4v) is 3.42. The first-order valence-corrected chi connectivity index (χ1v) is 9.50. The zero-order valence-corrected chi connectivity index (χ0v) is 16.7. The van der Waals surface area contributed by atoms with Gasteiger partial charge in [0.25, 0.3) is 0 Å². The van der Waals surface area contributed by atoms with E-state index in [0.717, 1.165) is 16.9 Å². The maximum atomic E-state index is 12.3. The van der Waals surface area contributed by atoms with Gasteiger partial charge in [-0.1, -0.05) is 24.3 Å². The van der Waals surface area contributed by atoms with E-state index in [0.29, 0.717) is 10.8 Å². The van der Waals surface area contributed by atoms with Crippen molar-refractivity contribution in [3.05, 3.63) is 70.7 Å². The van der Waals surface area contributed by atoms with E-state index >= 15 is 0 Å². The van der Waals surface area contributed by atoms with Crippen LogP contribution in [0, 0.1) is 13.8 Å². The number of nitrogens with zero attached hydrogens (tertiary/aromatic N) is 4. The third-order valence-corrected chi connectivity index (χ3v) is 5.10. The molecular formula is C21H22N4OS. The third kappa shape index (κ3) is 4.41. The van der Waals surface area contributed by atoms with E-state index in [4.69, 9.17) is 0 Å². The van der Waals surface area contributed by atoms with Gasteiger partial charge >= 0.3 is 0 Å². The second kappa shape index (κ2) is 8.14. The van der Waals surface area contributed by atoms with Crippen molar-refractivity contribution in [3.63, 3.8) is 0 Å². The van der Waals surface area contributed by atoms with Crippen molar-refractivity contribution >= 4 is 40.0 Å². The Bertz CT molecular complexity index is 965. The van der Waals surface area contributed by atoms with E-state index in [1.54, 1.807) is 23.0 Å². The van der Waals surface area contributed by atoms with Crippen LogP contribution in [0.25, 0.3) is 0 Å². The highest BCUT2D eigenvalue weighted by Crippen LogP contribution is 2.30. The van der Waals surface area contributed by atoms with Crippen LogP contribution in [0.4, 0.5) is 16.5 Å². The van der Waals surface area contributed by atoms with Crippen molar-refractivity contribution < 1.29 is 4.79 Å². The molecule has 1 heterocycles. The number of anilines is 3. The molecule has 0 bridgehead atoms.